The highest BCUT2D eigenvalue weighted by atomic mass is 32.2. The van der Waals surface area contributed by atoms with Crippen molar-refractivity contribution in [3.05, 3.63) is 30.0 Å². The lowest BCUT2D eigenvalue weighted by molar-refractivity contribution is 0.297. The molecule has 1 aliphatic heterocycles. The van der Waals surface area contributed by atoms with Crippen LogP contribution in [-0.2, 0) is 10.0 Å². The predicted molar refractivity (Wildman–Crippen MR) is 107 cm³/mol. The largest absolute Gasteiger partial charge is 0.490 e. The minimum Gasteiger partial charge on any atom is -0.490 e. The molecule has 10 heteroatoms. The fraction of sp³-hybridized carbons (Fsp3) is 0.444. The molecule has 152 valence electrons. The topological polar surface area (TPSA) is 114 Å². The van der Waals surface area contributed by atoms with Gasteiger partial charge in [-0.2, -0.15) is 4.98 Å². The molecule has 1 aliphatic rings. The smallest absolute Gasteiger partial charge is 0.240 e. The molecule has 28 heavy (non-hydrogen) atoms. The Hall–Kier alpha value is -2.59. The standard InChI is InChI=1S/C18H25N5O4S/c1-3-19-18-22-13(2)11-17(23-18)20-7-8-21-28(24,25)14-5-6-15-16(12-14)27-10-4-9-26-15/h5-6,11-12,21H,3-4,7-10H2,1-2H3,(H2,19,20,22,23). The van der Waals surface area contributed by atoms with Crippen molar-refractivity contribution in [2.24, 2.45) is 0 Å². The summed E-state index contributed by atoms with van der Waals surface area (Å²) < 4.78 is 38.7. The molecule has 0 fully saturated rings. The third kappa shape index (κ3) is 5.23. The maximum Gasteiger partial charge on any atom is 0.240 e. The zero-order chi connectivity index (χ0) is 20.0. The van der Waals surface area contributed by atoms with Gasteiger partial charge in [0.1, 0.15) is 5.82 Å². The van der Waals surface area contributed by atoms with Gasteiger partial charge < -0.3 is 20.1 Å². The lowest BCUT2D eigenvalue weighted by Gasteiger charge is -2.12. The van der Waals surface area contributed by atoms with Crippen molar-refractivity contribution in [3.8, 4) is 11.5 Å². The molecule has 1 aromatic carbocycles. The Bertz CT molecular complexity index is 920. The second kappa shape index (κ2) is 9.07. The van der Waals surface area contributed by atoms with Gasteiger partial charge in [0.05, 0.1) is 18.1 Å². The van der Waals surface area contributed by atoms with Crippen LogP contribution < -0.4 is 24.8 Å². The van der Waals surface area contributed by atoms with Crippen molar-refractivity contribution in [2.75, 3.05) is 43.5 Å². The zero-order valence-corrected chi connectivity index (χ0v) is 16.8. The maximum absolute atomic E-state index is 12.5. The van der Waals surface area contributed by atoms with Crippen molar-refractivity contribution in [1.82, 2.24) is 14.7 Å². The van der Waals surface area contributed by atoms with E-state index in [9.17, 15) is 8.42 Å². The highest BCUT2D eigenvalue weighted by Crippen LogP contribution is 2.31. The minimum absolute atomic E-state index is 0.143. The molecule has 3 rings (SSSR count). The number of hydrogen-bond donors (Lipinski definition) is 3. The Morgan fingerprint density at radius 2 is 1.82 bits per heavy atom. The highest BCUT2D eigenvalue weighted by Gasteiger charge is 2.18. The molecule has 1 aromatic heterocycles. The van der Waals surface area contributed by atoms with E-state index < -0.39 is 10.0 Å². The summed E-state index contributed by atoms with van der Waals surface area (Å²) in [7, 11) is -3.66. The Morgan fingerprint density at radius 3 is 2.61 bits per heavy atom. The van der Waals surface area contributed by atoms with Gasteiger partial charge in [-0.3, -0.25) is 0 Å². The van der Waals surface area contributed by atoms with Gasteiger partial charge in [-0.1, -0.05) is 0 Å². The molecular formula is C18H25N5O4S. The third-order valence-corrected chi connectivity index (χ3v) is 5.40. The van der Waals surface area contributed by atoms with Gasteiger partial charge in [-0.25, -0.2) is 18.1 Å². The van der Waals surface area contributed by atoms with E-state index in [2.05, 4.69) is 25.3 Å². The monoisotopic (exact) mass is 407 g/mol. The van der Waals surface area contributed by atoms with Gasteiger partial charge in [0.2, 0.25) is 16.0 Å². The van der Waals surface area contributed by atoms with Crippen LogP contribution in [0.25, 0.3) is 0 Å². The quantitative estimate of drug-likeness (QED) is 0.567. The Labute approximate surface area is 164 Å². The SMILES string of the molecule is CCNc1nc(C)cc(NCCNS(=O)(=O)c2ccc3c(c2)OCCCO3)n1. The van der Waals surface area contributed by atoms with E-state index in [1.165, 1.54) is 12.1 Å². The molecule has 0 spiro atoms. The van der Waals surface area contributed by atoms with Crippen LogP contribution in [-0.4, -0.2) is 51.2 Å². The van der Waals surface area contributed by atoms with Gasteiger partial charge in [-0.05, 0) is 26.0 Å². The number of nitrogens with one attached hydrogen (secondary N) is 3. The van der Waals surface area contributed by atoms with Crippen molar-refractivity contribution < 1.29 is 17.9 Å². The number of rotatable bonds is 8. The lowest BCUT2D eigenvalue weighted by Crippen LogP contribution is -2.29. The van der Waals surface area contributed by atoms with Crippen LogP contribution in [0.4, 0.5) is 11.8 Å². The van der Waals surface area contributed by atoms with E-state index in [4.69, 9.17) is 9.47 Å². The lowest BCUT2D eigenvalue weighted by atomic mass is 10.3. The van der Waals surface area contributed by atoms with E-state index in [1.54, 1.807) is 12.1 Å². The summed E-state index contributed by atoms with van der Waals surface area (Å²) in [6, 6.07) is 6.44. The van der Waals surface area contributed by atoms with Crippen molar-refractivity contribution >= 4 is 21.8 Å². The molecule has 3 N–H and O–H groups in total. The van der Waals surface area contributed by atoms with Crippen LogP contribution in [0.15, 0.2) is 29.2 Å². The highest BCUT2D eigenvalue weighted by molar-refractivity contribution is 7.89. The number of hydrogen-bond acceptors (Lipinski definition) is 8. The fourth-order valence-corrected chi connectivity index (χ4v) is 3.71. The minimum atomic E-state index is -3.66. The van der Waals surface area contributed by atoms with E-state index in [0.29, 0.717) is 43.0 Å². The van der Waals surface area contributed by atoms with Crippen LogP contribution in [0.3, 0.4) is 0 Å². The Morgan fingerprint density at radius 1 is 1.04 bits per heavy atom. The number of nitrogens with zero attached hydrogens (tertiary/aromatic N) is 2. The summed E-state index contributed by atoms with van der Waals surface area (Å²) in [4.78, 5) is 8.75. The van der Waals surface area contributed by atoms with Crippen molar-refractivity contribution in [3.63, 3.8) is 0 Å². The van der Waals surface area contributed by atoms with Gasteiger partial charge in [-0.15, -0.1) is 0 Å². The molecule has 0 saturated heterocycles. The second-order valence-electron chi connectivity index (χ2n) is 6.23. The van der Waals surface area contributed by atoms with Crippen LogP contribution >= 0.6 is 0 Å². The average Bonchev–Trinajstić information content (AvgIpc) is 2.90. The molecule has 2 heterocycles. The summed E-state index contributed by atoms with van der Waals surface area (Å²) in [6.45, 7) is 6.20. The van der Waals surface area contributed by atoms with Crippen molar-refractivity contribution in [1.29, 1.82) is 0 Å². The Balaban J connectivity index is 1.58. The maximum atomic E-state index is 12.5. The number of benzene rings is 1. The summed E-state index contributed by atoms with van der Waals surface area (Å²) in [5, 5.41) is 6.16. The molecule has 0 aliphatic carbocycles. The molecule has 0 atom stereocenters. The molecule has 0 unspecified atom stereocenters. The van der Waals surface area contributed by atoms with E-state index in [1.807, 2.05) is 13.8 Å². The number of aryl methyl sites for hydroxylation is 1. The van der Waals surface area contributed by atoms with Gasteiger partial charge >= 0.3 is 0 Å². The summed E-state index contributed by atoms with van der Waals surface area (Å²) in [5.41, 5.74) is 0.821. The molecule has 0 bridgehead atoms. The number of sulfonamides is 1. The van der Waals surface area contributed by atoms with Crippen molar-refractivity contribution in [2.45, 2.75) is 25.2 Å². The summed E-state index contributed by atoms with van der Waals surface area (Å²) in [6.07, 6.45) is 0.763. The van der Waals surface area contributed by atoms with E-state index in [0.717, 1.165) is 18.7 Å². The molecule has 2 aromatic rings. The van der Waals surface area contributed by atoms with E-state index >= 15 is 0 Å². The molecular weight excluding hydrogens is 382 g/mol. The van der Waals surface area contributed by atoms with Crippen LogP contribution in [0.1, 0.15) is 19.0 Å². The van der Waals surface area contributed by atoms with Gasteiger partial charge in [0.15, 0.2) is 11.5 Å². The van der Waals surface area contributed by atoms with E-state index in [-0.39, 0.29) is 11.4 Å². The second-order valence-corrected chi connectivity index (χ2v) is 8.00. The Kier molecular flexibility index (Phi) is 6.53. The zero-order valence-electron chi connectivity index (χ0n) is 16.0. The number of fused-ring (bicyclic) bond motifs is 1. The molecule has 0 saturated carbocycles. The predicted octanol–water partition coefficient (Wildman–Crippen LogP) is 1.77. The first-order chi connectivity index (χ1) is 13.5. The average molecular weight is 407 g/mol. The molecule has 0 radical (unpaired) electrons. The van der Waals surface area contributed by atoms with Crippen LogP contribution in [0, 0.1) is 6.92 Å². The number of anilines is 2. The summed E-state index contributed by atoms with van der Waals surface area (Å²) in [5.74, 6) is 2.19. The van der Waals surface area contributed by atoms with Crippen LogP contribution in [0.5, 0.6) is 11.5 Å². The number of ether oxygens (including phenoxy) is 2. The van der Waals surface area contributed by atoms with Gasteiger partial charge in [0, 0.05) is 43.9 Å². The normalized spacial score (nSPS) is 13.6. The summed E-state index contributed by atoms with van der Waals surface area (Å²) >= 11 is 0. The molecule has 0 amide bonds. The van der Waals surface area contributed by atoms with Crippen LogP contribution in [0.2, 0.25) is 0 Å². The number of aromatic nitrogens is 2. The first-order valence-electron chi connectivity index (χ1n) is 9.20. The fourth-order valence-electron chi connectivity index (χ4n) is 2.67. The third-order valence-electron chi connectivity index (χ3n) is 3.94. The van der Waals surface area contributed by atoms with Gasteiger partial charge in [0.25, 0.3) is 0 Å². The first-order valence-corrected chi connectivity index (χ1v) is 10.7. The first kappa shape index (κ1) is 20.2. The molecule has 9 nitrogen and oxygen atoms in total.